The van der Waals surface area contributed by atoms with Crippen molar-refractivity contribution < 1.29 is 9.59 Å². The van der Waals surface area contributed by atoms with Gasteiger partial charge in [0.2, 0.25) is 0 Å². The van der Waals surface area contributed by atoms with Crippen molar-refractivity contribution in [1.82, 2.24) is 5.32 Å². The molecule has 3 nitrogen and oxygen atoms in total. The summed E-state index contributed by atoms with van der Waals surface area (Å²) in [6, 6.07) is 13.4. The summed E-state index contributed by atoms with van der Waals surface area (Å²) in [4.78, 5) is 24.7. The minimum atomic E-state index is -0.101. The van der Waals surface area contributed by atoms with Crippen molar-refractivity contribution in [1.29, 1.82) is 0 Å². The molecule has 0 aliphatic heterocycles. The van der Waals surface area contributed by atoms with Crippen LogP contribution >= 0.6 is 0 Å². The van der Waals surface area contributed by atoms with Crippen LogP contribution in [-0.4, -0.2) is 18.2 Å². The molecular formula is C20H19NO2. The summed E-state index contributed by atoms with van der Waals surface area (Å²) in [5.74, 6) is -0.104. The second-order valence-electron chi connectivity index (χ2n) is 5.56. The number of aryl methyl sites for hydroxylation is 1. The zero-order chi connectivity index (χ0) is 16.4. The first-order valence-electron chi connectivity index (χ1n) is 7.92. The van der Waals surface area contributed by atoms with Crippen LogP contribution in [-0.2, 0) is 6.42 Å². The van der Waals surface area contributed by atoms with Crippen molar-refractivity contribution in [2.75, 3.05) is 6.54 Å². The molecule has 0 heterocycles. The summed E-state index contributed by atoms with van der Waals surface area (Å²) >= 11 is 0. The lowest BCUT2D eigenvalue weighted by Crippen LogP contribution is -2.24. The number of hydrogen-bond donors (Lipinski definition) is 1. The number of nitrogens with one attached hydrogen (secondary N) is 1. The van der Waals surface area contributed by atoms with Gasteiger partial charge in [0.25, 0.3) is 5.91 Å². The maximum absolute atomic E-state index is 12.5. The number of benzene rings is 2. The molecule has 116 valence electrons. The van der Waals surface area contributed by atoms with E-state index < -0.39 is 0 Å². The van der Waals surface area contributed by atoms with Crippen LogP contribution in [0.5, 0.6) is 0 Å². The van der Waals surface area contributed by atoms with Crippen LogP contribution in [0.2, 0.25) is 0 Å². The van der Waals surface area contributed by atoms with Gasteiger partial charge >= 0.3 is 0 Å². The largest absolute Gasteiger partial charge is 0.352 e. The van der Waals surface area contributed by atoms with Gasteiger partial charge in [-0.2, -0.15) is 0 Å². The Morgan fingerprint density at radius 3 is 2.43 bits per heavy atom. The molecule has 0 fully saturated rings. The van der Waals surface area contributed by atoms with Crippen molar-refractivity contribution in [3.63, 3.8) is 0 Å². The normalized spacial score (nSPS) is 12.8. The molecule has 0 radical (unpaired) electrons. The average molecular weight is 305 g/mol. The first kappa shape index (κ1) is 15.2. The fourth-order valence-electron chi connectivity index (χ4n) is 2.93. The van der Waals surface area contributed by atoms with Crippen LogP contribution in [0.15, 0.2) is 48.5 Å². The molecule has 0 saturated heterocycles. The SMILES string of the molecule is CCNC(=O)c1cc(CC)ccc1C1=CC(=O)c2ccccc21. The molecule has 0 bridgehead atoms. The van der Waals surface area contributed by atoms with Gasteiger partial charge < -0.3 is 5.32 Å². The van der Waals surface area contributed by atoms with Gasteiger partial charge in [0.1, 0.15) is 0 Å². The van der Waals surface area contributed by atoms with E-state index in [9.17, 15) is 9.59 Å². The molecule has 3 rings (SSSR count). The van der Waals surface area contributed by atoms with Gasteiger partial charge in [-0.1, -0.05) is 43.3 Å². The fourth-order valence-corrected chi connectivity index (χ4v) is 2.93. The van der Waals surface area contributed by atoms with Crippen LogP contribution in [0, 0.1) is 0 Å². The molecule has 1 amide bonds. The number of amides is 1. The number of ketones is 1. The highest BCUT2D eigenvalue weighted by Crippen LogP contribution is 2.34. The van der Waals surface area contributed by atoms with E-state index in [1.165, 1.54) is 0 Å². The van der Waals surface area contributed by atoms with Gasteiger partial charge in [0.15, 0.2) is 5.78 Å². The van der Waals surface area contributed by atoms with E-state index in [0.717, 1.165) is 28.7 Å². The lowest BCUT2D eigenvalue weighted by Gasteiger charge is -2.13. The molecule has 0 atom stereocenters. The number of fused-ring (bicyclic) bond motifs is 1. The first-order valence-corrected chi connectivity index (χ1v) is 7.92. The Kier molecular flexibility index (Phi) is 4.11. The van der Waals surface area contributed by atoms with Crippen molar-refractivity contribution in [2.24, 2.45) is 0 Å². The lowest BCUT2D eigenvalue weighted by molar-refractivity contribution is 0.0954. The molecule has 2 aromatic rings. The molecule has 3 heteroatoms. The van der Waals surface area contributed by atoms with E-state index in [-0.39, 0.29) is 11.7 Å². The van der Waals surface area contributed by atoms with Crippen LogP contribution in [0.3, 0.4) is 0 Å². The summed E-state index contributed by atoms with van der Waals surface area (Å²) in [5.41, 5.74) is 4.97. The van der Waals surface area contributed by atoms with Gasteiger partial charge in [-0.05, 0) is 47.8 Å². The van der Waals surface area contributed by atoms with E-state index in [0.29, 0.717) is 17.7 Å². The molecular weight excluding hydrogens is 286 g/mol. The summed E-state index contributed by atoms with van der Waals surface area (Å²) in [6.45, 7) is 4.53. The summed E-state index contributed by atoms with van der Waals surface area (Å²) in [6.07, 6.45) is 2.50. The van der Waals surface area contributed by atoms with Crippen LogP contribution in [0.1, 0.15) is 51.3 Å². The minimum absolute atomic E-state index is 0.00276. The van der Waals surface area contributed by atoms with Crippen molar-refractivity contribution >= 4 is 17.3 Å². The second kappa shape index (κ2) is 6.21. The third-order valence-electron chi connectivity index (χ3n) is 4.12. The maximum Gasteiger partial charge on any atom is 0.251 e. The van der Waals surface area contributed by atoms with Gasteiger partial charge in [0, 0.05) is 17.7 Å². The zero-order valence-corrected chi connectivity index (χ0v) is 13.3. The average Bonchev–Trinajstić information content (AvgIpc) is 2.92. The molecule has 1 aliphatic carbocycles. The third-order valence-corrected chi connectivity index (χ3v) is 4.12. The van der Waals surface area contributed by atoms with E-state index in [1.54, 1.807) is 6.08 Å². The molecule has 1 aliphatic rings. The smallest absolute Gasteiger partial charge is 0.251 e. The summed E-state index contributed by atoms with van der Waals surface area (Å²) < 4.78 is 0. The Balaban J connectivity index is 2.15. The highest BCUT2D eigenvalue weighted by atomic mass is 16.1. The Bertz CT molecular complexity index is 818. The first-order chi connectivity index (χ1) is 11.2. The van der Waals surface area contributed by atoms with E-state index >= 15 is 0 Å². The molecule has 1 N–H and O–H groups in total. The van der Waals surface area contributed by atoms with Crippen molar-refractivity contribution in [3.8, 4) is 0 Å². The van der Waals surface area contributed by atoms with E-state index in [2.05, 4.69) is 12.2 Å². The standard InChI is InChI=1S/C20H19NO2/c1-3-13-9-10-15(18(11-13)20(23)21-4-2)17-12-19(22)16-8-6-5-7-14(16)17/h5-12H,3-4H2,1-2H3,(H,21,23). The maximum atomic E-state index is 12.5. The summed E-state index contributed by atoms with van der Waals surface area (Å²) in [7, 11) is 0. The Morgan fingerprint density at radius 2 is 1.74 bits per heavy atom. The van der Waals surface area contributed by atoms with E-state index in [4.69, 9.17) is 0 Å². The van der Waals surface area contributed by atoms with Gasteiger partial charge in [-0.25, -0.2) is 0 Å². The molecule has 0 saturated carbocycles. The highest BCUT2D eigenvalue weighted by molar-refractivity contribution is 6.20. The Labute approximate surface area is 136 Å². The van der Waals surface area contributed by atoms with Crippen molar-refractivity contribution in [2.45, 2.75) is 20.3 Å². The molecule has 2 aromatic carbocycles. The number of rotatable bonds is 4. The highest BCUT2D eigenvalue weighted by Gasteiger charge is 2.24. The fraction of sp³-hybridized carbons (Fsp3) is 0.200. The third kappa shape index (κ3) is 2.70. The number of hydrogen-bond acceptors (Lipinski definition) is 2. The predicted molar refractivity (Wildman–Crippen MR) is 91.7 cm³/mol. The molecule has 23 heavy (non-hydrogen) atoms. The van der Waals surface area contributed by atoms with Crippen LogP contribution in [0.25, 0.3) is 5.57 Å². The zero-order valence-electron chi connectivity index (χ0n) is 13.3. The predicted octanol–water partition coefficient (Wildman–Crippen LogP) is 3.63. The minimum Gasteiger partial charge on any atom is -0.352 e. The van der Waals surface area contributed by atoms with Gasteiger partial charge in [-0.3, -0.25) is 9.59 Å². The van der Waals surface area contributed by atoms with Gasteiger partial charge in [-0.15, -0.1) is 0 Å². The molecule has 0 aromatic heterocycles. The molecule has 0 spiro atoms. The second-order valence-corrected chi connectivity index (χ2v) is 5.56. The monoisotopic (exact) mass is 305 g/mol. The van der Waals surface area contributed by atoms with Crippen LogP contribution < -0.4 is 5.32 Å². The summed E-state index contributed by atoms with van der Waals surface area (Å²) in [5, 5.41) is 2.86. The van der Waals surface area contributed by atoms with Crippen LogP contribution in [0.4, 0.5) is 0 Å². The number of carbonyl (C=O) groups is 2. The van der Waals surface area contributed by atoms with Gasteiger partial charge in [0.05, 0.1) is 0 Å². The number of allylic oxidation sites excluding steroid dienone is 1. The quantitative estimate of drug-likeness (QED) is 0.937. The number of carbonyl (C=O) groups excluding carboxylic acids is 2. The topological polar surface area (TPSA) is 46.2 Å². The molecule has 0 unspecified atom stereocenters. The van der Waals surface area contributed by atoms with Crippen molar-refractivity contribution in [3.05, 3.63) is 76.4 Å². The Morgan fingerprint density at radius 1 is 1.00 bits per heavy atom. The Hall–Kier alpha value is -2.68. The lowest BCUT2D eigenvalue weighted by atomic mass is 9.93. The van der Waals surface area contributed by atoms with E-state index in [1.807, 2.05) is 49.4 Å².